The predicted molar refractivity (Wildman–Crippen MR) is 97.8 cm³/mol. The predicted octanol–water partition coefficient (Wildman–Crippen LogP) is 4.17. The fourth-order valence-electron chi connectivity index (χ4n) is 2.73. The molecule has 2 aromatic rings. The second-order valence-corrected chi connectivity index (χ2v) is 7.48. The standard InChI is InChI=1S/C18H17ClN2O6/c1-18(2,3)27-17(23)26-14-8-13(22)15(19)16-11(14)7-9-6-10(21(24)25)4-5-12(9)20-16/h4,7-8,22H,5-6H2,1-3H3. The number of nitrogens with zero attached hydrogens (tertiary/aromatic N) is 2. The first-order valence-electron chi connectivity index (χ1n) is 8.13. The first kappa shape index (κ1) is 18.9. The number of ether oxygens (including phenoxy) is 2. The molecule has 0 spiro atoms. The van der Waals surface area contributed by atoms with Gasteiger partial charge in [-0.15, -0.1) is 0 Å². The molecule has 0 saturated heterocycles. The van der Waals surface area contributed by atoms with Crippen LogP contribution in [0.2, 0.25) is 5.02 Å². The van der Waals surface area contributed by atoms with E-state index in [-0.39, 0.29) is 40.6 Å². The van der Waals surface area contributed by atoms with E-state index in [0.29, 0.717) is 16.6 Å². The van der Waals surface area contributed by atoms with Gasteiger partial charge in [0.1, 0.15) is 22.1 Å². The second kappa shape index (κ2) is 6.70. The van der Waals surface area contributed by atoms with Crippen LogP contribution in [-0.4, -0.2) is 26.8 Å². The summed E-state index contributed by atoms with van der Waals surface area (Å²) in [6, 6.07) is 2.83. The summed E-state index contributed by atoms with van der Waals surface area (Å²) in [6.07, 6.45) is 0.913. The first-order valence-corrected chi connectivity index (χ1v) is 8.51. The molecule has 8 nitrogen and oxygen atoms in total. The number of nitro groups is 1. The van der Waals surface area contributed by atoms with Crippen molar-refractivity contribution >= 4 is 28.7 Å². The normalized spacial score (nSPS) is 13.7. The summed E-state index contributed by atoms with van der Waals surface area (Å²) >= 11 is 6.15. The molecule has 0 fully saturated rings. The molecule has 3 rings (SSSR count). The number of aromatic hydroxyl groups is 1. The van der Waals surface area contributed by atoms with Crippen molar-refractivity contribution in [2.45, 2.75) is 39.2 Å². The van der Waals surface area contributed by atoms with Crippen LogP contribution in [0.1, 0.15) is 32.0 Å². The number of benzene rings is 1. The number of aromatic nitrogens is 1. The molecule has 0 radical (unpaired) electrons. The lowest BCUT2D eigenvalue weighted by Crippen LogP contribution is -2.26. The van der Waals surface area contributed by atoms with Crippen LogP contribution in [-0.2, 0) is 17.6 Å². The van der Waals surface area contributed by atoms with Crippen molar-refractivity contribution in [3.8, 4) is 11.5 Å². The molecule has 0 bridgehead atoms. The van der Waals surface area contributed by atoms with Gasteiger partial charge in [0.15, 0.2) is 0 Å². The maximum atomic E-state index is 12.0. The minimum absolute atomic E-state index is 0.00777. The Morgan fingerprint density at radius 3 is 2.70 bits per heavy atom. The van der Waals surface area contributed by atoms with E-state index in [1.807, 2.05) is 0 Å². The highest BCUT2D eigenvalue weighted by molar-refractivity contribution is 6.36. The highest BCUT2D eigenvalue weighted by Crippen LogP contribution is 2.39. The van der Waals surface area contributed by atoms with Gasteiger partial charge in [-0.25, -0.2) is 4.79 Å². The van der Waals surface area contributed by atoms with E-state index in [1.165, 1.54) is 12.1 Å². The molecular weight excluding hydrogens is 376 g/mol. The van der Waals surface area contributed by atoms with Crippen molar-refractivity contribution in [3.63, 3.8) is 0 Å². The van der Waals surface area contributed by atoms with E-state index in [9.17, 15) is 20.0 Å². The van der Waals surface area contributed by atoms with Gasteiger partial charge >= 0.3 is 6.16 Å². The molecule has 0 atom stereocenters. The Hall–Kier alpha value is -2.87. The Labute approximate surface area is 159 Å². The Morgan fingerprint density at radius 1 is 1.37 bits per heavy atom. The summed E-state index contributed by atoms with van der Waals surface area (Å²) < 4.78 is 10.4. The maximum Gasteiger partial charge on any atom is 0.514 e. The molecule has 0 amide bonds. The van der Waals surface area contributed by atoms with Gasteiger partial charge in [-0.2, -0.15) is 0 Å². The fraction of sp³-hybridized carbons (Fsp3) is 0.333. The van der Waals surface area contributed by atoms with Crippen LogP contribution in [0.4, 0.5) is 4.79 Å². The van der Waals surface area contributed by atoms with Crippen LogP contribution in [0, 0.1) is 10.1 Å². The summed E-state index contributed by atoms with van der Waals surface area (Å²) in [5.41, 5.74) is 0.802. The Morgan fingerprint density at radius 2 is 2.07 bits per heavy atom. The lowest BCUT2D eigenvalue weighted by molar-refractivity contribution is -0.427. The third-order valence-electron chi connectivity index (χ3n) is 3.88. The highest BCUT2D eigenvalue weighted by atomic mass is 35.5. The van der Waals surface area contributed by atoms with Gasteiger partial charge < -0.3 is 14.6 Å². The molecule has 1 aliphatic carbocycles. The molecule has 1 aliphatic rings. The zero-order valence-electron chi connectivity index (χ0n) is 14.9. The van der Waals surface area contributed by atoms with Crippen molar-refractivity contribution in [1.29, 1.82) is 0 Å². The van der Waals surface area contributed by atoms with Crippen LogP contribution in [0.5, 0.6) is 11.5 Å². The number of allylic oxidation sites excluding steroid dienone is 2. The Bertz CT molecular complexity index is 994. The quantitative estimate of drug-likeness (QED) is 0.353. The number of carbonyl (C=O) groups excluding carboxylic acids is 1. The summed E-state index contributed by atoms with van der Waals surface area (Å²) in [5.74, 6) is -0.291. The summed E-state index contributed by atoms with van der Waals surface area (Å²) in [6.45, 7) is 5.07. The third-order valence-corrected chi connectivity index (χ3v) is 4.25. The number of rotatable bonds is 2. The Balaban J connectivity index is 2.07. The van der Waals surface area contributed by atoms with Gasteiger partial charge in [0.05, 0.1) is 16.9 Å². The van der Waals surface area contributed by atoms with E-state index < -0.39 is 16.7 Å². The molecule has 0 unspecified atom stereocenters. The number of phenols is 1. The minimum Gasteiger partial charge on any atom is -0.506 e. The first-order chi connectivity index (χ1) is 12.5. The lowest BCUT2D eigenvalue weighted by atomic mass is 9.97. The molecule has 1 aromatic heterocycles. The van der Waals surface area contributed by atoms with Gasteiger partial charge in [0.2, 0.25) is 5.70 Å². The number of fused-ring (bicyclic) bond motifs is 2. The molecule has 0 saturated carbocycles. The van der Waals surface area contributed by atoms with Crippen LogP contribution in [0.15, 0.2) is 23.9 Å². The van der Waals surface area contributed by atoms with E-state index in [0.717, 1.165) is 0 Å². The van der Waals surface area contributed by atoms with E-state index in [1.54, 1.807) is 26.8 Å². The zero-order valence-corrected chi connectivity index (χ0v) is 15.7. The van der Waals surface area contributed by atoms with Crippen LogP contribution < -0.4 is 4.74 Å². The van der Waals surface area contributed by atoms with Crippen molar-refractivity contribution in [2.75, 3.05) is 0 Å². The number of pyridine rings is 1. The largest absolute Gasteiger partial charge is 0.514 e. The van der Waals surface area contributed by atoms with Gasteiger partial charge in [-0.05, 0) is 38.5 Å². The average molecular weight is 393 g/mol. The SMILES string of the molecule is CC(C)(C)OC(=O)Oc1cc(O)c(Cl)c2nc3c(cc12)CC([N+](=O)[O-])=CC3. The topological polar surface area (TPSA) is 112 Å². The molecule has 9 heteroatoms. The van der Waals surface area contributed by atoms with Gasteiger partial charge in [0.25, 0.3) is 0 Å². The van der Waals surface area contributed by atoms with Gasteiger partial charge in [-0.1, -0.05) is 11.6 Å². The molecule has 27 heavy (non-hydrogen) atoms. The van der Waals surface area contributed by atoms with Gasteiger partial charge in [-0.3, -0.25) is 15.1 Å². The molecule has 1 N–H and O–H groups in total. The third kappa shape index (κ3) is 3.95. The second-order valence-electron chi connectivity index (χ2n) is 7.10. The fourth-order valence-corrected chi connectivity index (χ4v) is 2.93. The van der Waals surface area contributed by atoms with E-state index in [4.69, 9.17) is 21.1 Å². The van der Waals surface area contributed by atoms with Crippen molar-refractivity contribution in [1.82, 2.24) is 4.98 Å². The average Bonchev–Trinajstić information content (AvgIpc) is 2.56. The molecule has 0 aliphatic heterocycles. The Kier molecular flexibility index (Phi) is 4.69. The zero-order chi connectivity index (χ0) is 19.9. The van der Waals surface area contributed by atoms with Crippen LogP contribution in [0.25, 0.3) is 10.9 Å². The van der Waals surface area contributed by atoms with E-state index in [2.05, 4.69) is 4.98 Å². The lowest BCUT2D eigenvalue weighted by Gasteiger charge is -2.20. The van der Waals surface area contributed by atoms with Crippen molar-refractivity contribution < 1.29 is 24.3 Å². The van der Waals surface area contributed by atoms with Crippen molar-refractivity contribution in [2.24, 2.45) is 0 Å². The summed E-state index contributed by atoms with van der Waals surface area (Å²) in [7, 11) is 0. The van der Waals surface area contributed by atoms with Crippen LogP contribution >= 0.6 is 11.6 Å². The van der Waals surface area contributed by atoms with Crippen molar-refractivity contribution in [3.05, 3.63) is 50.3 Å². The monoisotopic (exact) mass is 392 g/mol. The number of halogens is 1. The molecule has 1 heterocycles. The molecular formula is C18H17ClN2O6. The van der Waals surface area contributed by atoms with Gasteiger partial charge in [0, 0.05) is 23.6 Å². The van der Waals surface area contributed by atoms with Crippen LogP contribution in [0.3, 0.4) is 0 Å². The number of hydrogen-bond donors (Lipinski definition) is 1. The number of phenolic OH excluding ortho intramolecular Hbond substituents is 1. The smallest absolute Gasteiger partial charge is 0.506 e. The summed E-state index contributed by atoms with van der Waals surface area (Å²) in [4.78, 5) is 27.1. The maximum absolute atomic E-state index is 12.0. The molecule has 142 valence electrons. The number of hydrogen-bond acceptors (Lipinski definition) is 7. The van der Waals surface area contributed by atoms with E-state index >= 15 is 0 Å². The highest BCUT2D eigenvalue weighted by Gasteiger charge is 2.25. The molecule has 1 aromatic carbocycles. The minimum atomic E-state index is -0.950. The summed E-state index contributed by atoms with van der Waals surface area (Å²) in [5, 5.41) is 21.5. The number of carbonyl (C=O) groups is 1.